The van der Waals surface area contributed by atoms with Crippen molar-refractivity contribution in [3.05, 3.63) is 71.0 Å². The molecule has 5 heteroatoms. The van der Waals surface area contributed by atoms with E-state index in [0.29, 0.717) is 10.7 Å². The lowest BCUT2D eigenvalue weighted by atomic mass is 10.0. The van der Waals surface area contributed by atoms with Crippen molar-refractivity contribution in [3.8, 4) is 0 Å². The first-order chi connectivity index (χ1) is 12.6. The van der Waals surface area contributed by atoms with E-state index in [1.165, 1.54) is 10.9 Å². The van der Waals surface area contributed by atoms with Crippen LogP contribution in [0.3, 0.4) is 0 Å². The van der Waals surface area contributed by atoms with Gasteiger partial charge in [-0.2, -0.15) is 0 Å². The first-order valence-corrected chi connectivity index (χ1v) is 9.16. The molecule has 2 aromatic heterocycles. The monoisotopic (exact) mass is 365 g/mol. The number of aromatic amines is 2. The average molecular weight is 366 g/mol. The molecule has 132 valence electrons. The van der Waals surface area contributed by atoms with Crippen LogP contribution in [0.2, 0.25) is 5.02 Å². The van der Waals surface area contributed by atoms with Gasteiger partial charge in [-0.3, -0.25) is 4.79 Å². The summed E-state index contributed by atoms with van der Waals surface area (Å²) in [6.07, 6.45) is 3.68. The van der Waals surface area contributed by atoms with E-state index >= 15 is 0 Å². The highest BCUT2D eigenvalue weighted by molar-refractivity contribution is 6.31. The molecule has 0 aliphatic heterocycles. The Labute approximate surface area is 156 Å². The molecule has 2 aromatic carbocycles. The number of hydrogen-bond acceptors (Lipinski definition) is 1. The molecule has 3 N–H and O–H groups in total. The topological polar surface area (TPSA) is 60.7 Å². The lowest BCUT2D eigenvalue weighted by Crippen LogP contribution is -2.36. The third-order valence-electron chi connectivity index (χ3n) is 4.80. The molecular formula is C21H20ClN3O. The van der Waals surface area contributed by atoms with Crippen LogP contribution in [0, 0.1) is 0 Å². The predicted octanol–water partition coefficient (Wildman–Crippen LogP) is 5.05. The average Bonchev–Trinajstić information content (AvgIpc) is 3.25. The second kappa shape index (κ2) is 6.89. The molecule has 1 atom stereocenters. The summed E-state index contributed by atoms with van der Waals surface area (Å²) in [6, 6.07) is 15.7. The number of aromatic nitrogens is 2. The molecule has 4 aromatic rings. The molecule has 4 nitrogen and oxygen atoms in total. The number of nitrogens with one attached hydrogen (secondary N) is 3. The van der Waals surface area contributed by atoms with Crippen LogP contribution >= 0.6 is 11.6 Å². The molecular weight excluding hydrogens is 346 g/mol. The van der Waals surface area contributed by atoms with Crippen molar-refractivity contribution in [2.24, 2.45) is 0 Å². The molecule has 0 unspecified atom stereocenters. The summed E-state index contributed by atoms with van der Waals surface area (Å²) in [5.41, 5.74) is 3.80. The summed E-state index contributed by atoms with van der Waals surface area (Å²) in [7, 11) is 0. The number of carbonyl (C=O) groups excluding carboxylic acids is 1. The molecule has 1 amide bonds. The van der Waals surface area contributed by atoms with Crippen LogP contribution in [-0.2, 0) is 6.42 Å². The standard InChI is InChI=1S/C21H20ClN3O/c1-2-16(10-14-12-23-19-6-4-3-5-17(14)19)24-21(26)20-11-13-9-15(22)7-8-18(13)25-20/h3-9,11-12,16,23,25H,2,10H2,1H3,(H,24,26)/t16-/m0/s1. The molecule has 26 heavy (non-hydrogen) atoms. The summed E-state index contributed by atoms with van der Waals surface area (Å²) in [5.74, 6) is -0.0935. The zero-order valence-corrected chi connectivity index (χ0v) is 15.2. The Hall–Kier alpha value is -2.72. The zero-order valence-electron chi connectivity index (χ0n) is 14.5. The molecule has 0 fully saturated rings. The van der Waals surface area contributed by atoms with E-state index in [9.17, 15) is 4.79 Å². The number of H-pyrrole nitrogens is 2. The quantitative estimate of drug-likeness (QED) is 0.455. The fraction of sp³-hybridized carbons (Fsp3) is 0.190. The van der Waals surface area contributed by atoms with Gasteiger partial charge in [0, 0.05) is 39.1 Å². The van der Waals surface area contributed by atoms with E-state index in [4.69, 9.17) is 11.6 Å². The molecule has 0 spiro atoms. The predicted molar refractivity (Wildman–Crippen MR) is 107 cm³/mol. The Morgan fingerprint density at radius 3 is 2.85 bits per heavy atom. The fourth-order valence-corrected chi connectivity index (χ4v) is 3.53. The van der Waals surface area contributed by atoms with Crippen molar-refractivity contribution in [2.45, 2.75) is 25.8 Å². The van der Waals surface area contributed by atoms with E-state index in [0.717, 1.165) is 29.3 Å². The first-order valence-electron chi connectivity index (χ1n) is 8.78. The Bertz CT molecular complexity index is 1080. The van der Waals surface area contributed by atoms with Gasteiger partial charge in [-0.15, -0.1) is 0 Å². The van der Waals surface area contributed by atoms with Gasteiger partial charge in [0.2, 0.25) is 0 Å². The smallest absolute Gasteiger partial charge is 0.267 e. The molecule has 4 rings (SSSR count). The summed E-state index contributed by atoms with van der Waals surface area (Å²) in [4.78, 5) is 19.1. The molecule has 0 saturated carbocycles. The van der Waals surface area contributed by atoms with Crippen LogP contribution in [0.4, 0.5) is 0 Å². The minimum atomic E-state index is -0.0935. The van der Waals surface area contributed by atoms with E-state index in [-0.39, 0.29) is 11.9 Å². The van der Waals surface area contributed by atoms with Crippen LogP contribution < -0.4 is 5.32 Å². The normalized spacial score (nSPS) is 12.5. The Morgan fingerprint density at radius 2 is 2.00 bits per heavy atom. The van der Waals surface area contributed by atoms with Gasteiger partial charge in [-0.05, 0) is 48.7 Å². The fourth-order valence-electron chi connectivity index (χ4n) is 3.35. The van der Waals surface area contributed by atoms with Gasteiger partial charge in [0.25, 0.3) is 5.91 Å². The van der Waals surface area contributed by atoms with Crippen molar-refractivity contribution in [2.75, 3.05) is 0 Å². The largest absolute Gasteiger partial charge is 0.361 e. The SMILES string of the molecule is CC[C@@H](Cc1c[nH]c2ccccc12)NC(=O)c1cc2cc(Cl)ccc2[nH]1. The van der Waals surface area contributed by atoms with Crippen LogP contribution in [0.15, 0.2) is 54.7 Å². The molecule has 2 heterocycles. The van der Waals surface area contributed by atoms with Crippen LogP contribution in [-0.4, -0.2) is 21.9 Å². The Morgan fingerprint density at radius 1 is 1.15 bits per heavy atom. The maximum Gasteiger partial charge on any atom is 0.267 e. The van der Waals surface area contributed by atoms with Crippen LogP contribution in [0.5, 0.6) is 0 Å². The zero-order chi connectivity index (χ0) is 18.1. The molecule has 0 saturated heterocycles. The maximum absolute atomic E-state index is 12.7. The second-order valence-electron chi connectivity index (χ2n) is 6.56. The molecule has 0 radical (unpaired) electrons. The number of amides is 1. The van der Waals surface area contributed by atoms with Gasteiger partial charge in [0.15, 0.2) is 0 Å². The summed E-state index contributed by atoms with van der Waals surface area (Å²) in [6.45, 7) is 2.09. The lowest BCUT2D eigenvalue weighted by Gasteiger charge is -2.16. The number of carbonyl (C=O) groups is 1. The molecule has 0 bridgehead atoms. The van der Waals surface area contributed by atoms with Crippen molar-refractivity contribution in [1.29, 1.82) is 0 Å². The molecule has 0 aliphatic carbocycles. The number of benzene rings is 2. The highest BCUT2D eigenvalue weighted by Crippen LogP contribution is 2.21. The summed E-state index contributed by atoms with van der Waals surface area (Å²) in [5, 5.41) is 5.95. The summed E-state index contributed by atoms with van der Waals surface area (Å²) < 4.78 is 0. The van der Waals surface area contributed by atoms with Gasteiger partial charge in [-0.1, -0.05) is 36.7 Å². The van der Waals surface area contributed by atoms with E-state index < -0.39 is 0 Å². The van der Waals surface area contributed by atoms with Gasteiger partial charge >= 0.3 is 0 Å². The van der Waals surface area contributed by atoms with E-state index in [1.54, 1.807) is 0 Å². The van der Waals surface area contributed by atoms with Gasteiger partial charge in [0.05, 0.1) is 0 Å². The van der Waals surface area contributed by atoms with Crippen molar-refractivity contribution in [3.63, 3.8) is 0 Å². The minimum absolute atomic E-state index is 0.0664. The molecule has 0 aliphatic rings. The Kier molecular flexibility index (Phi) is 4.43. The number of halogens is 1. The van der Waals surface area contributed by atoms with E-state index in [2.05, 4.69) is 34.3 Å². The number of para-hydroxylation sites is 1. The third-order valence-corrected chi connectivity index (χ3v) is 5.03. The lowest BCUT2D eigenvalue weighted by molar-refractivity contribution is 0.0931. The van der Waals surface area contributed by atoms with Gasteiger partial charge < -0.3 is 15.3 Å². The second-order valence-corrected chi connectivity index (χ2v) is 6.99. The van der Waals surface area contributed by atoms with Gasteiger partial charge in [0.1, 0.15) is 5.69 Å². The van der Waals surface area contributed by atoms with Crippen molar-refractivity contribution >= 4 is 39.3 Å². The number of hydrogen-bond donors (Lipinski definition) is 3. The van der Waals surface area contributed by atoms with E-state index in [1.807, 2.05) is 42.6 Å². The highest BCUT2D eigenvalue weighted by atomic mass is 35.5. The Balaban J connectivity index is 1.52. The van der Waals surface area contributed by atoms with Crippen LogP contribution in [0.25, 0.3) is 21.8 Å². The van der Waals surface area contributed by atoms with Crippen molar-refractivity contribution in [1.82, 2.24) is 15.3 Å². The summed E-state index contributed by atoms with van der Waals surface area (Å²) >= 11 is 6.02. The van der Waals surface area contributed by atoms with Crippen molar-refractivity contribution < 1.29 is 4.79 Å². The first kappa shape index (κ1) is 16.7. The maximum atomic E-state index is 12.7. The van der Waals surface area contributed by atoms with Gasteiger partial charge in [-0.25, -0.2) is 0 Å². The minimum Gasteiger partial charge on any atom is -0.361 e. The number of rotatable bonds is 5. The van der Waals surface area contributed by atoms with Crippen LogP contribution in [0.1, 0.15) is 29.4 Å². The third kappa shape index (κ3) is 3.20. The number of fused-ring (bicyclic) bond motifs is 2. The highest BCUT2D eigenvalue weighted by Gasteiger charge is 2.16.